The molecule has 88 valence electrons. The highest BCUT2D eigenvalue weighted by atomic mass is 79.9. The molecule has 1 saturated carbocycles. The lowest BCUT2D eigenvalue weighted by molar-refractivity contribution is 0.456. The molecule has 0 spiro atoms. The predicted molar refractivity (Wildman–Crippen MR) is 72.8 cm³/mol. The number of rotatable bonds is 5. The van der Waals surface area contributed by atoms with E-state index in [1.54, 1.807) is 0 Å². The number of hydrogen-bond donors (Lipinski definition) is 1. The maximum atomic E-state index is 3.58. The first-order valence-electron chi connectivity index (χ1n) is 6.07. The molecule has 0 atom stereocenters. The molecule has 0 amide bonds. The molecule has 0 unspecified atom stereocenters. The van der Waals surface area contributed by atoms with Crippen molar-refractivity contribution in [3.8, 4) is 0 Å². The zero-order valence-corrected chi connectivity index (χ0v) is 11.7. The van der Waals surface area contributed by atoms with Gasteiger partial charge in [-0.25, -0.2) is 0 Å². The van der Waals surface area contributed by atoms with E-state index in [1.807, 2.05) is 0 Å². The molecule has 1 aromatic carbocycles. The monoisotopic (exact) mass is 281 g/mol. The normalized spacial score (nSPS) is 16.4. The van der Waals surface area contributed by atoms with Gasteiger partial charge >= 0.3 is 0 Å². The van der Waals surface area contributed by atoms with Crippen LogP contribution in [0.15, 0.2) is 28.7 Å². The van der Waals surface area contributed by atoms with Gasteiger partial charge in [0, 0.05) is 10.5 Å². The second kappa shape index (κ2) is 4.89. The first kappa shape index (κ1) is 12.1. The maximum absolute atomic E-state index is 3.58. The van der Waals surface area contributed by atoms with E-state index in [4.69, 9.17) is 0 Å². The van der Waals surface area contributed by atoms with Crippen LogP contribution in [0.2, 0.25) is 0 Å². The Morgan fingerprint density at radius 1 is 1.25 bits per heavy atom. The minimum atomic E-state index is 0.266. The van der Waals surface area contributed by atoms with Crippen LogP contribution in [0.4, 0.5) is 0 Å². The van der Waals surface area contributed by atoms with Crippen LogP contribution in [0.5, 0.6) is 0 Å². The fourth-order valence-electron chi connectivity index (χ4n) is 1.92. The van der Waals surface area contributed by atoms with Crippen LogP contribution in [-0.2, 0) is 5.41 Å². The van der Waals surface area contributed by atoms with E-state index in [2.05, 4.69) is 59.4 Å². The SMILES string of the molecule is CC(C)(CCNC1CC1)c1ccc(Br)cc1. The standard InChI is InChI=1S/C14H20BrN/c1-14(2,9-10-16-13-7-8-13)11-3-5-12(15)6-4-11/h3-6,13,16H,7-10H2,1-2H3. The molecular formula is C14H20BrN. The van der Waals surface area contributed by atoms with E-state index in [-0.39, 0.29) is 5.41 Å². The van der Waals surface area contributed by atoms with Gasteiger partial charge in [0.05, 0.1) is 0 Å². The van der Waals surface area contributed by atoms with Gasteiger partial charge in [-0.05, 0) is 48.9 Å². The van der Waals surface area contributed by atoms with E-state index in [0.717, 1.165) is 17.1 Å². The van der Waals surface area contributed by atoms with Crippen molar-refractivity contribution >= 4 is 15.9 Å². The molecule has 1 nitrogen and oxygen atoms in total. The van der Waals surface area contributed by atoms with Crippen molar-refractivity contribution in [2.75, 3.05) is 6.54 Å². The summed E-state index contributed by atoms with van der Waals surface area (Å²) in [6.45, 7) is 5.78. The molecule has 0 saturated heterocycles. The first-order chi connectivity index (χ1) is 7.58. The summed E-state index contributed by atoms with van der Waals surface area (Å²) in [6.07, 6.45) is 3.95. The molecule has 2 rings (SSSR count). The Bertz CT molecular complexity index is 338. The summed E-state index contributed by atoms with van der Waals surface area (Å²) in [7, 11) is 0. The minimum absolute atomic E-state index is 0.266. The van der Waals surface area contributed by atoms with Crippen molar-refractivity contribution in [2.45, 2.75) is 44.6 Å². The molecule has 1 aliphatic carbocycles. The van der Waals surface area contributed by atoms with Crippen LogP contribution in [-0.4, -0.2) is 12.6 Å². The van der Waals surface area contributed by atoms with Crippen LogP contribution in [0.1, 0.15) is 38.7 Å². The molecular weight excluding hydrogens is 262 g/mol. The fraction of sp³-hybridized carbons (Fsp3) is 0.571. The molecule has 0 heterocycles. The Hall–Kier alpha value is -0.340. The summed E-state index contributed by atoms with van der Waals surface area (Å²) in [5.41, 5.74) is 1.69. The average molecular weight is 282 g/mol. The zero-order chi connectivity index (χ0) is 11.6. The van der Waals surface area contributed by atoms with Crippen LogP contribution < -0.4 is 5.32 Å². The molecule has 0 radical (unpaired) electrons. The van der Waals surface area contributed by atoms with E-state index in [0.29, 0.717) is 0 Å². The highest BCUT2D eigenvalue weighted by Crippen LogP contribution is 2.28. The highest BCUT2D eigenvalue weighted by molar-refractivity contribution is 9.10. The van der Waals surface area contributed by atoms with E-state index >= 15 is 0 Å². The molecule has 1 aromatic rings. The summed E-state index contributed by atoms with van der Waals surface area (Å²) < 4.78 is 1.16. The Balaban J connectivity index is 1.91. The topological polar surface area (TPSA) is 12.0 Å². The third-order valence-corrected chi connectivity index (χ3v) is 3.91. The number of halogens is 1. The van der Waals surface area contributed by atoms with Gasteiger partial charge in [0.15, 0.2) is 0 Å². The van der Waals surface area contributed by atoms with Gasteiger partial charge in [0.25, 0.3) is 0 Å². The number of nitrogens with one attached hydrogen (secondary N) is 1. The lowest BCUT2D eigenvalue weighted by Gasteiger charge is -2.25. The Labute approximate surface area is 107 Å². The van der Waals surface area contributed by atoms with Gasteiger partial charge < -0.3 is 5.32 Å². The van der Waals surface area contributed by atoms with E-state index in [9.17, 15) is 0 Å². The van der Waals surface area contributed by atoms with Crippen LogP contribution in [0.3, 0.4) is 0 Å². The third-order valence-electron chi connectivity index (χ3n) is 3.39. The molecule has 1 aliphatic rings. The summed E-state index contributed by atoms with van der Waals surface area (Å²) in [4.78, 5) is 0. The lowest BCUT2D eigenvalue weighted by atomic mass is 9.81. The Morgan fingerprint density at radius 2 is 1.88 bits per heavy atom. The smallest absolute Gasteiger partial charge is 0.0175 e. The Kier molecular flexibility index (Phi) is 3.70. The van der Waals surface area contributed by atoms with Crippen molar-refractivity contribution in [1.82, 2.24) is 5.32 Å². The van der Waals surface area contributed by atoms with Gasteiger partial charge in [0.1, 0.15) is 0 Å². The van der Waals surface area contributed by atoms with Crippen molar-refractivity contribution in [2.24, 2.45) is 0 Å². The second-order valence-electron chi connectivity index (χ2n) is 5.37. The highest BCUT2D eigenvalue weighted by Gasteiger charge is 2.23. The quantitative estimate of drug-likeness (QED) is 0.864. The molecule has 0 bridgehead atoms. The number of benzene rings is 1. The maximum Gasteiger partial charge on any atom is 0.0175 e. The molecule has 2 heteroatoms. The van der Waals surface area contributed by atoms with Crippen molar-refractivity contribution in [1.29, 1.82) is 0 Å². The summed E-state index contributed by atoms with van der Waals surface area (Å²) in [5, 5.41) is 3.58. The molecule has 1 fully saturated rings. The van der Waals surface area contributed by atoms with Gasteiger partial charge in [-0.15, -0.1) is 0 Å². The number of hydrogen-bond acceptors (Lipinski definition) is 1. The largest absolute Gasteiger partial charge is 0.314 e. The summed E-state index contributed by atoms with van der Waals surface area (Å²) in [5.74, 6) is 0. The van der Waals surface area contributed by atoms with Gasteiger partial charge in [-0.3, -0.25) is 0 Å². The second-order valence-corrected chi connectivity index (χ2v) is 6.28. The Morgan fingerprint density at radius 3 is 2.44 bits per heavy atom. The third kappa shape index (κ3) is 3.33. The predicted octanol–water partition coefficient (Wildman–Crippen LogP) is 3.87. The van der Waals surface area contributed by atoms with Crippen molar-refractivity contribution in [3.63, 3.8) is 0 Å². The van der Waals surface area contributed by atoms with Crippen molar-refractivity contribution in [3.05, 3.63) is 34.3 Å². The van der Waals surface area contributed by atoms with Crippen LogP contribution in [0.25, 0.3) is 0 Å². The van der Waals surface area contributed by atoms with Crippen LogP contribution in [0, 0.1) is 0 Å². The molecule has 0 aromatic heterocycles. The molecule has 16 heavy (non-hydrogen) atoms. The summed E-state index contributed by atoms with van der Waals surface area (Å²) in [6, 6.07) is 9.53. The summed E-state index contributed by atoms with van der Waals surface area (Å²) >= 11 is 3.48. The minimum Gasteiger partial charge on any atom is -0.314 e. The van der Waals surface area contributed by atoms with E-state index < -0.39 is 0 Å². The molecule has 0 aliphatic heterocycles. The van der Waals surface area contributed by atoms with E-state index in [1.165, 1.54) is 24.8 Å². The van der Waals surface area contributed by atoms with Crippen molar-refractivity contribution < 1.29 is 0 Å². The first-order valence-corrected chi connectivity index (χ1v) is 6.87. The van der Waals surface area contributed by atoms with Gasteiger partial charge in [-0.1, -0.05) is 41.9 Å². The molecule has 1 N–H and O–H groups in total. The fourth-order valence-corrected chi connectivity index (χ4v) is 2.19. The lowest BCUT2D eigenvalue weighted by Crippen LogP contribution is -2.26. The average Bonchev–Trinajstić information content (AvgIpc) is 3.02. The van der Waals surface area contributed by atoms with Gasteiger partial charge in [0.2, 0.25) is 0 Å². The zero-order valence-electron chi connectivity index (χ0n) is 10.1. The van der Waals surface area contributed by atoms with Crippen LogP contribution >= 0.6 is 15.9 Å². The van der Waals surface area contributed by atoms with Gasteiger partial charge in [-0.2, -0.15) is 0 Å².